The molecule has 2 aromatic rings. The zero-order valence-electron chi connectivity index (χ0n) is 16.1. The van der Waals surface area contributed by atoms with E-state index >= 15 is 0 Å². The summed E-state index contributed by atoms with van der Waals surface area (Å²) in [7, 11) is 3.19. The van der Waals surface area contributed by atoms with Crippen molar-refractivity contribution in [1.29, 1.82) is 5.26 Å². The first-order valence-electron chi connectivity index (χ1n) is 9.08. The highest BCUT2D eigenvalue weighted by Crippen LogP contribution is 2.28. The van der Waals surface area contributed by atoms with Crippen molar-refractivity contribution >= 4 is 18.0 Å². The van der Waals surface area contributed by atoms with E-state index in [2.05, 4.69) is 21.3 Å². The Hall–Kier alpha value is -3.02. The Balaban J connectivity index is 1.63. The topological polar surface area (TPSA) is 92.8 Å². The molecular weight excluding hydrogens is 360 g/mol. The molecule has 8 nitrogen and oxygen atoms in total. The van der Waals surface area contributed by atoms with Crippen LogP contribution in [0.15, 0.2) is 22.6 Å². The quantitative estimate of drug-likeness (QED) is 0.742. The van der Waals surface area contributed by atoms with E-state index in [9.17, 15) is 5.26 Å². The Kier molecular flexibility index (Phi) is 6.89. The number of aromatic nitrogens is 1. The van der Waals surface area contributed by atoms with Gasteiger partial charge in [0.15, 0.2) is 11.5 Å². The molecule has 1 aromatic carbocycles. The van der Waals surface area contributed by atoms with Gasteiger partial charge in [0.05, 0.1) is 27.4 Å². The molecule has 1 aliphatic heterocycles. The summed E-state index contributed by atoms with van der Waals surface area (Å²) in [5.74, 6) is 2.05. The van der Waals surface area contributed by atoms with Crippen molar-refractivity contribution in [3.63, 3.8) is 0 Å². The molecule has 1 saturated heterocycles. The standard InChI is InChI=1S/C20H24N4O4/c1-25-17-5-3-15(13-18(17)26-2)4-6-19-23-16(14-21)20(28-19)22-7-8-24-9-11-27-12-10-24/h3-6,13,22H,7-12H2,1-2H3/b6-4+. The van der Waals surface area contributed by atoms with Crippen LogP contribution in [0.3, 0.4) is 0 Å². The first-order chi connectivity index (χ1) is 13.7. The average Bonchev–Trinajstić information content (AvgIpc) is 3.15. The van der Waals surface area contributed by atoms with Crippen LogP contribution >= 0.6 is 0 Å². The average molecular weight is 384 g/mol. The monoisotopic (exact) mass is 384 g/mol. The lowest BCUT2D eigenvalue weighted by Crippen LogP contribution is -2.39. The zero-order chi connectivity index (χ0) is 19.8. The Morgan fingerprint density at radius 3 is 2.71 bits per heavy atom. The van der Waals surface area contributed by atoms with Crippen LogP contribution in [0.1, 0.15) is 17.1 Å². The maximum atomic E-state index is 9.30. The minimum Gasteiger partial charge on any atom is -0.493 e. The lowest BCUT2D eigenvalue weighted by molar-refractivity contribution is 0.0398. The molecule has 0 bridgehead atoms. The van der Waals surface area contributed by atoms with Gasteiger partial charge in [-0.3, -0.25) is 4.90 Å². The molecule has 0 amide bonds. The van der Waals surface area contributed by atoms with E-state index in [1.165, 1.54) is 0 Å². The SMILES string of the molecule is COc1ccc(/C=C/c2nc(C#N)c(NCCN3CCOCC3)o2)cc1OC. The van der Waals surface area contributed by atoms with Crippen LogP contribution in [-0.2, 0) is 4.74 Å². The number of benzene rings is 1. The molecule has 0 spiro atoms. The van der Waals surface area contributed by atoms with Gasteiger partial charge in [0, 0.05) is 32.3 Å². The molecule has 1 fully saturated rings. The van der Waals surface area contributed by atoms with Gasteiger partial charge in [0.2, 0.25) is 17.5 Å². The molecule has 0 atom stereocenters. The minimum absolute atomic E-state index is 0.244. The van der Waals surface area contributed by atoms with Gasteiger partial charge in [-0.15, -0.1) is 0 Å². The van der Waals surface area contributed by atoms with E-state index in [1.807, 2.05) is 24.3 Å². The van der Waals surface area contributed by atoms with Crippen LogP contribution in [-0.4, -0.2) is 63.5 Å². The summed E-state index contributed by atoms with van der Waals surface area (Å²) in [5.41, 5.74) is 1.14. The second-order valence-corrected chi connectivity index (χ2v) is 6.17. The second-order valence-electron chi connectivity index (χ2n) is 6.17. The summed E-state index contributed by atoms with van der Waals surface area (Å²) >= 11 is 0. The van der Waals surface area contributed by atoms with Gasteiger partial charge in [-0.25, -0.2) is 0 Å². The normalized spacial score (nSPS) is 14.8. The number of ether oxygens (including phenoxy) is 3. The molecule has 1 N–H and O–H groups in total. The predicted molar refractivity (Wildman–Crippen MR) is 105 cm³/mol. The number of hydrogen-bond donors (Lipinski definition) is 1. The molecule has 1 aliphatic rings. The first kappa shape index (κ1) is 19.7. The van der Waals surface area contributed by atoms with Crippen molar-refractivity contribution in [3.05, 3.63) is 35.3 Å². The van der Waals surface area contributed by atoms with Crippen molar-refractivity contribution in [2.45, 2.75) is 0 Å². The maximum Gasteiger partial charge on any atom is 0.232 e. The van der Waals surface area contributed by atoms with Gasteiger partial charge in [-0.2, -0.15) is 10.2 Å². The number of hydrogen-bond acceptors (Lipinski definition) is 8. The van der Waals surface area contributed by atoms with Crippen LogP contribution in [0.5, 0.6) is 11.5 Å². The summed E-state index contributed by atoms with van der Waals surface area (Å²) in [6, 6.07) is 7.64. The van der Waals surface area contributed by atoms with E-state index in [4.69, 9.17) is 18.6 Å². The zero-order valence-corrected chi connectivity index (χ0v) is 16.1. The van der Waals surface area contributed by atoms with Crippen LogP contribution < -0.4 is 14.8 Å². The van der Waals surface area contributed by atoms with E-state index in [0.717, 1.165) is 38.4 Å². The predicted octanol–water partition coefficient (Wildman–Crippen LogP) is 2.48. The fraction of sp³-hybridized carbons (Fsp3) is 0.400. The maximum absolute atomic E-state index is 9.30. The molecule has 0 unspecified atom stereocenters. The number of morpholine rings is 1. The van der Waals surface area contributed by atoms with E-state index in [1.54, 1.807) is 20.3 Å². The van der Waals surface area contributed by atoms with Gasteiger partial charge >= 0.3 is 0 Å². The summed E-state index contributed by atoms with van der Waals surface area (Å²) in [5, 5.41) is 12.5. The number of nitrogens with one attached hydrogen (secondary N) is 1. The van der Waals surface area contributed by atoms with Crippen molar-refractivity contribution in [2.75, 3.05) is 58.9 Å². The highest BCUT2D eigenvalue weighted by molar-refractivity contribution is 5.68. The number of nitriles is 1. The molecule has 148 valence electrons. The number of anilines is 1. The van der Waals surface area contributed by atoms with Gasteiger partial charge < -0.3 is 23.9 Å². The fourth-order valence-electron chi connectivity index (χ4n) is 2.88. The summed E-state index contributed by atoms with van der Waals surface area (Å²) in [6.45, 7) is 4.88. The van der Waals surface area contributed by atoms with E-state index in [0.29, 0.717) is 29.8 Å². The highest BCUT2D eigenvalue weighted by atomic mass is 16.5. The number of oxazole rings is 1. The molecular formula is C20H24N4O4. The number of nitrogens with zero attached hydrogens (tertiary/aromatic N) is 3. The van der Waals surface area contributed by atoms with Crippen molar-refractivity contribution in [3.8, 4) is 17.6 Å². The van der Waals surface area contributed by atoms with Gasteiger partial charge in [0.25, 0.3) is 0 Å². The highest BCUT2D eigenvalue weighted by Gasteiger charge is 2.13. The van der Waals surface area contributed by atoms with E-state index in [-0.39, 0.29) is 5.69 Å². The number of rotatable bonds is 8. The molecule has 28 heavy (non-hydrogen) atoms. The Morgan fingerprint density at radius 1 is 1.21 bits per heavy atom. The van der Waals surface area contributed by atoms with Gasteiger partial charge in [0.1, 0.15) is 6.07 Å². The second kappa shape index (κ2) is 9.78. The summed E-state index contributed by atoms with van der Waals surface area (Å²) in [6.07, 6.45) is 3.56. The molecule has 0 aliphatic carbocycles. The number of methoxy groups -OCH3 is 2. The summed E-state index contributed by atoms with van der Waals surface area (Å²) < 4.78 is 21.6. The molecule has 3 rings (SSSR count). The van der Waals surface area contributed by atoms with Crippen molar-refractivity contribution in [2.24, 2.45) is 0 Å². The molecule has 1 aromatic heterocycles. The molecule has 8 heteroatoms. The molecule has 2 heterocycles. The minimum atomic E-state index is 0.244. The van der Waals surface area contributed by atoms with Crippen molar-refractivity contribution < 1.29 is 18.6 Å². The van der Waals surface area contributed by atoms with Crippen molar-refractivity contribution in [1.82, 2.24) is 9.88 Å². The lowest BCUT2D eigenvalue weighted by atomic mass is 10.2. The third-order valence-electron chi connectivity index (χ3n) is 4.39. The first-order valence-corrected chi connectivity index (χ1v) is 9.08. The Bertz CT molecular complexity index is 850. The van der Waals surface area contributed by atoms with Crippen LogP contribution in [0.2, 0.25) is 0 Å². The molecule has 0 saturated carbocycles. The fourth-order valence-corrected chi connectivity index (χ4v) is 2.88. The van der Waals surface area contributed by atoms with E-state index < -0.39 is 0 Å². The molecule has 0 radical (unpaired) electrons. The smallest absolute Gasteiger partial charge is 0.232 e. The Morgan fingerprint density at radius 2 is 2.00 bits per heavy atom. The Labute approximate surface area is 164 Å². The third-order valence-corrected chi connectivity index (χ3v) is 4.39. The lowest BCUT2D eigenvalue weighted by Gasteiger charge is -2.26. The van der Waals surface area contributed by atoms with Crippen LogP contribution in [0.25, 0.3) is 12.2 Å². The van der Waals surface area contributed by atoms with Gasteiger partial charge in [-0.1, -0.05) is 6.07 Å². The van der Waals surface area contributed by atoms with Crippen LogP contribution in [0, 0.1) is 11.3 Å². The van der Waals surface area contributed by atoms with Gasteiger partial charge in [-0.05, 0) is 23.8 Å². The summed E-state index contributed by atoms with van der Waals surface area (Å²) in [4.78, 5) is 6.52. The largest absolute Gasteiger partial charge is 0.493 e. The third kappa shape index (κ3) is 5.03. The van der Waals surface area contributed by atoms with Crippen LogP contribution in [0.4, 0.5) is 5.88 Å².